The highest BCUT2D eigenvalue weighted by molar-refractivity contribution is 5.60. The van der Waals surface area contributed by atoms with E-state index in [-0.39, 0.29) is 5.75 Å². The van der Waals surface area contributed by atoms with E-state index in [0.717, 1.165) is 16.8 Å². The second-order valence-electron chi connectivity index (χ2n) is 4.51. The first kappa shape index (κ1) is 13.8. The standard InChI is InChI=1S/C16H16N2O2/c1-11-3-6-15(19)13(7-11)10-18-14-5-4-12(9-17)8-16(14)20-2/h3-8,18-19H,10H2,1-2H3. The maximum absolute atomic E-state index is 9.81. The smallest absolute Gasteiger partial charge is 0.143 e. The Hall–Kier alpha value is -2.67. The molecule has 4 nitrogen and oxygen atoms in total. The molecule has 0 spiro atoms. The molecule has 4 heteroatoms. The molecular formula is C16H16N2O2. The first-order valence-corrected chi connectivity index (χ1v) is 6.24. The molecule has 0 saturated carbocycles. The predicted molar refractivity (Wildman–Crippen MR) is 77.9 cm³/mol. The van der Waals surface area contributed by atoms with Gasteiger partial charge in [0.05, 0.1) is 24.4 Å². The van der Waals surface area contributed by atoms with Gasteiger partial charge in [0.25, 0.3) is 0 Å². The second-order valence-corrected chi connectivity index (χ2v) is 4.51. The topological polar surface area (TPSA) is 65.3 Å². The molecule has 0 amide bonds. The molecule has 2 rings (SSSR count). The van der Waals surface area contributed by atoms with Crippen molar-refractivity contribution >= 4 is 5.69 Å². The Kier molecular flexibility index (Phi) is 4.11. The third kappa shape index (κ3) is 3.01. The van der Waals surface area contributed by atoms with Gasteiger partial charge in [0, 0.05) is 18.2 Å². The molecule has 2 aromatic carbocycles. The number of aryl methyl sites for hydroxylation is 1. The Morgan fingerprint density at radius 2 is 2.05 bits per heavy atom. The zero-order valence-corrected chi connectivity index (χ0v) is 11.5. The molecule has 2 aromatic rings. The van der Waals surface area contributed by atoms with Gasteiger partial charge in [-0.25, -0.2) is 0 Å². The summed E-state index contributed by atoms with van der Waals surface area (Å²) in [6, 6.07) is 12.7. The van der Waals surface area contributed by atoms with Crippen LogP contribution in [0.4, 0.5) is 5.69 Å². The fraction of sp³-hybridized carbons (Fsp3) is 0.188. The molecule has 0 radical (unpaired) electrons. The number of rotatable bonds is 4. The first-order valence-electron chi connectivity index (χ1n) is 6.24. The summed E-state index contributed by atoms with van der Waals surface area (Å²) in [6.07, 6.45) is 0. The summed E-state index contributed by atoms with van der Waals surface area (Å²) < 4.78 is 5.25. The monoisotopic (exact) mass is 268 g/mol. The first-order chi connectivity index (χ1) is 9.63. The number of hydrogen-bond acceptors (Lipinski definition) is 4. The van der Waals surface area contributed by atoms with Gasteiger partial charge in [-0.2, -0.15) is 5.26 Å². The average Bonchev–Trinajstić information content (AvgIpc) is 2.48. The quantitative estimate of drug-likeness (QED) is 0.893. The van der Waals surface area contributed by atoms with Crippen LogP contribution < -0.4 is 10.1 Å². The van der Waals surface area contributed by atoms with Crippen molar-refractivity contribution in [2.75, 3.05) is 12.4 Å². The third-order valence-corrected chi connectivity index (χ3v) is 3.03. The van der Waals surface area contributed by atoms with Gasteiger partial charge < -0.3 is 15.2 Å². The number of nitriles is 1. The van der Waals surface area contributed by atoms with Crippen LogP contribution in [-0.4, -0.2) is 12.2 Å². The highest BCUT2D eigenvalue weighted by Crippen LogP contribution is 2.27. The number of hydrogen-bond donors (Lipinski definition) is 2. The lowest BCUT2D eigenvalue weighted by molar-refractivity contribution is 0.416. The van der Waals surface area contributed by atoms with Crippen LogP contribution in [-0.2, 0) is 6.54 Å². The Morgan fingerprint density at radius 1 is 1.25 bits per heavy atom. The molecule has 102 valence electrons. The SMILES string of the molecule is COc1cc(C#N)ccc1NCc1cc(C)ccc1O. The van der Waals surface area contributed by atoms with Crippen LogP contribution in [0.3, 0.4) is 0 Å². The van der Waals surface area contributed by atoms with Crippen molar-refractivity contribution in [3.8, 4) is 17.6 Å². The number of methoxy groups -OCH3 is 1. The molecule has 20 heavy (non-hydrogen) atoms. The van der Waals surface area contributed by atoms with E-state index < -0.39 is 0 Å². The maximum atomic E-state index is 9.81. The van der Waals surface area contributed by atoms with Crippen LogP contribution in [0.2, 0.25) is 0 Å². The number of nitrogens with zero attached hydrogens (tertiary/aromatic N) is 1. The number of ether oxygens (including phenoxy) is 1. The molecule has 0 aliphatic carbocycles. The Labute approximate surface area is 118 Å². The van der Waals surface area contributed by atoms with Crippen LogP contribution in [0.5, 0.6) is 11.5 Å². The lowest BCUT2D eigenvalue weighted by Gasteiger charge is -2.12. The number of nitrogens with one attached hydrogen (secondary N) is 1. The minimum Gasteiger partial charge on any atom is -0.508 e. The zero-order valence-electron chi connectivity index (χ0n) is 11.5. The lowest BCUT2D eigenvalue weighted by atomic mass is 10.1. The van der Waals surface area contributed by atoms with Crippen molar-refractivity contribution < 1.29 is 9.84 Å². The van der Waals surface area contributed by atoms with E-state index in [0.29, 0.717) is 17.9 Å². The molecule has 0 atom stereocenters. The van der Waals surface area contributed by atoms with Gasteiger partial charge in [-0.3, -0.25) is 0 Å². The lowest BCUT2D eigenvalue weighted by Crippen LogP contribution is -2.02. The number of phenolic OH excluding ortho intramolecular Hbond substituents is 1. The minimum atomic E-state index is 0.260. The summed E-state index contributed by atoms with van der Waals surface area (Å²) in [5, 5.41) is 21.9. The summed E-state index contributed by atoms with van der Waals surface area (Å²) in [5.74, 6) is 0.868. The summed E-state index contributed by atoms with van der Waals surface area (Å²) in [6.45, 7) is 2.46. The van der Waals surface area contributed by atoms with E-state index in [2.05, 4.69) is 11.4 Å². The van der Waals surface area contributed by atoms with Crippen molar-refractivity contribution in [2.45, 2.75) is 13.5 Å². The minimum absolute atomic E-state index is 0.260. The van der Waals surface area contributed by atoms with Crippen molar-refractivity contribution in [1.82, 2.24) is 0 Å². The van der Waals surface area contributed by atoms with Gasteiger partial charge in [-0.1, -0.05) is 17.7 Å². The van der Waals surface area contributed by atoms with E-state index in [9.17, 15) is 5.11 Å². The molecule has 2 N–H and O–H groups in total. The summed E-state index contributed by atoms with van der Waals surface area (Å²) in [5.41, 5.74) is 3.24. The van der Waals surface area contributed by atoms with Gasteiger partial charge in [-0.15, -0.1) is 0 Å². The molecule has 0 aliphatic heterocycles. The molecule has 0 heterocycles. The molecule has 0 unspecified atom stereocenters. The van der Waals surface area contributed by atoms with Crippen molar-refractivity contribution in [3.05, 3.63) is 53.1 Å². The van der Waals surface area contributed by atoms with Crippen LogP contribution in [0.25, 0.3) is 0 Å². The number of benzene rings is 2. The summed E-state index contributed by atoms with van der Waals surface area (Å²) in [4.78, 5) is 0. The van der Waals surface area contributed by atoms with Crippen molar-refractivity contribution in [3.63, 3.8) is 0 Å². The van der Waals surface area contributed by atoms with Crippen molar-refractivity contribution in [1.29, 1.82) is 5.26 Å². The number of aromatic hydroxyl groups is 1. The van der Waals surface area contributed by atoms with Crippen molar-refractivity contribution in [2.24, 2.45) is 0 Å². The molecule has 0 saturated heterocycles. The summed E-state index contributed by atoms with van der Waals surface area (Å²) >= 11 is 0. The Bertz CT molecular complexity index is 660. The average molecular weight is 268 g/mol. The maximum Gasteiger partial charge on any atom is 0.143 e. The zero-order chi connectivity index (χ0) is 14.5. The van der Waals surface area contributed by atoms with E-state index in [1.54, 1.807) is 31.4 Å². The number of anilines is 1. The van der Waals surface area contributed by atoms with E-state index in [4.69, 9.17) is 10.00 Å². The third-order valence-electron chi connectivity index (χ3n) is 3.03. The summed E-state index contributed by atoms with van der Waals surface area (Å²) in [7, 11) is 1.56. The largest absolute Gasteiger partial charge is 0.508 e. The van der Waals surface area contributed by atoms with Crippen LogP contribution >= 0.6 is 0 Å². The highest BCUT2D eigenvalue weighted by atomic mass is 16.5. The van der Waals surface area contributed by atoms with E-state index in [1.165, 1.54) is 0 Å². The van der Waals surface area contributed by atoms with Crippen LogP contribution in [0.1, 0.15) is 16.7 Å². The Balaban J connectivity index is 2.19. The normalized spacial score (nSPS) is 9.85. The molecule has 0 bridgehead atoms. The molecular weight excluding hydrogens is 252 g/mol. The second kappa shape index (κ2) is 5.98. The highest BCUT2D eigenvalue weighted by Gasteiger charge is 2.06. The number of phenols is 1. The van der Waals surface area contributed by atoms with E-state index in [1.807, 2.05) is 19.1 Å². The Morgan fingerprint density at radius 3 is 2.75 bits per heavy atom. The fourth-order valence-electron chi connectivity index (χ4n) is 1.95. The van der Waals surface area contributed by atoms with Gasteiger partial charge in [0.2, 0.25) is 0 Å². The van der Waals surface area contributed by atoms with Crippen LogP contribution in [0.15, 0.2) is 36.4 Å². The molecule has 0 aliphatic rings. The van der Waals surface area contributed by atoms with Gasteiger partial charge >= 0.3 is 0 Å². The molecule has 0 aromatic heterocycles. The molecule has 0 fully saturated rings. The predicted octanol–water partition coefficient (Wildman–Crippen LogP) is 3.19. The van der Waals surface area contributed by atoms with Crippen LogP contribution in [0, 0.1) is 18.3 Å². The van der Waals surface area contributed by atoms with Gasteiger partial charge in [0.1, 0.15) is 11.5 Å². The van der Waals surface area contributed by atoms with E-state index >= 15 is 0 Å². The fourth-order valence-corrected chi connectivity index (χ4v) is 1.95. The van der Waals surface area contributed by atoms with Gasteiger partial charge in [-0.05, 0) is 25.1 Å². The van der Waals surface area contributed by atoms with Gasteiger partial charge in [0.15, 0.2) is 0 Å².